The van der Waals surface area contributed by atoms with Crippen molar-refractivity contribution in [2.45, 2.75) is 51.6 Å². The second-order valence-corrected chi connectivity index (χ2v) is 7.97. The lowest BCUT2D eigenvalue weighted by Gasteiger charge is -2.21. The second kappa shape index (κ2) is 11.7. The minimum atomic E-state index is -0.350. The van der Waals surface area contributed by atoms with Gasteiger partial charge in [0.05, 0.1) is 5.92 Å². The lowest BCUT2D eigenvalue weighted by molar-refractivity contribution is -0.125. The molecule has 5 nitrogen and oxygen atoms in total. The SMILES string of the molecule is CC(C(=O)NCc1cccc(NC(=O)C2CCCCC2)c1)C(N)c1ccccc1.Cl. The van der Waals surface area contributed by atoms with E-state index in [0.29, 0.717) is 6.54 Å². The maximum Gasteiger partial charge on any atom is 0.227 e. The first-order chi connectivity index (χ1) is 14.0. The van der Waals surface area contributed by atoms with Crippen molar-refractivity contribution in [3.63, 3.8) is 0 Å². The molecule has 2 aromatic rings. The highest BCUT2D eigenvalue weighted by Gasteiger charge is 2.22. The number of halogens is 1. The molecule has 1 saturated carbocycles. The number of carbonyl (C=O) groups excluding carboxylic acids is 2. The Hall–Kier alpha value is -2.37. The summed E-state index contributed by atoms with van der Waals surface area (Å²) in [4.78, 5) is 25.0. The normalized spacial score (nSPS) is 16.1. The van der Waals surface area contributed by atoms with E-state index in [4.69, 9.17) is 5.73 Å². The van der Waals surface area contributed by atoms with Crippen molar-refractivity contribution in [1.29, 1.82) is 0 Å². The Bertz CT molecular complexity index is 822. The van der Waals surface area contributed by atoms with Crippen LogP contribution in [0.2, 0.25) is 0 Å². The number of anilines is 1. The maximum absolute atomic E-state index is 12.5. The molecule has 2 atom stereocenters. The standard InChI is InChI=1S/C24H31N3O2.ClH/c1-17(22(25)19-10-4-2-5-11-19)23(28)26-16-18-9-8-14-21(15-18)27-24(29)20-12-6-3-7-13-20;/h2,4-5,8-11,14-15,17,20,22H,3,6-7,12-13,16,25H2,1H3,(H,26,28)(H,27,29);1H. The van der Waals surface area contributed by atoms with Gasteiger partial charge in [0.25, 0.3) is 0 Å². The largest absolute Gasteiger partial charge is 0.352 e. The number of amides is 2. The van der Waals surface area contributed by atoms with Gasteiger partial charge in [-0.05, 0) is 36.1 Å². The van der Waals surface area contributed by atoms with Crippen LogP contribution in [0.25, 0.3) is 0 Å². The smallest absolute Gasteiger partial charge is 0.227 e. The zero-order chi connectivity index (χ0) is 20.6. The van der Waals surface area contributed by atoms with Gasteiger partial charge in [-0.3, -0.25) is 9.59 Å². The zero-order valence-corrected chi connectivity index (χ0v) is 18.3. The molecule has 6 heteroatoms. The molecule has 1 fully saturated rings. The van der Waals surface area contributed by atoms with Gasteiger partial charge in [-0.15, -0.1) is 12.4 Å². The average molecular weight is 430 g/mol. The van der Waals surface area contributed by atoms with E-state index in [2.05, 4.69) is 10.6 Å². The molecule has 2 amide bonds. The van der Waals surface area contributed by atoms with E-state index in [1.165, 1.54) is 6.42 Å². The molecule has 0 bridgehead atoms. The number of hydrogen-bond acceptors (Lipinski definition) is 3. The van der Waals surface area contributed by atoms with E-state index in [0.717, 1.165) is 42.5 Å². The second-order valence-electron chi connectivity index (χ2n) is 7.97. The van der Waals surface area contributed by atoms with Crippen LogP contribution < -0.4 is 16.4 Å². The fraction of sp³-hybridized carbons (Fsp3) is 0.417. The number of hydrogen-bond donors (Lipinski definition) is 3. The quantitative estimate of drug-likeness (QED) is 0.602. The summed E-state index contributed by atoms with van der Waals surface area (Å²) in [5, 5.41) is 5.99. The lowest BCUT2D eigenvalue weighted by Crippen LogP contribution is -2.35. The number of nitrogens with two attached hydrogens (primary N) is 1. The van der Waals surface area contributed by atoms with Gasteiger partial charge in [-0.2, -0.15) is 0 Å². The average Bonchev–Trinajstić information content (AvgIpc) is 2.78. The Labute approximate surface area is 185 Å². The molecule has 2 unspecified atom stereocenters. The van der Waals surface area contributed by atoms with Crippen LogP contribution in [0.15, 0.2) is 54.6 Å². The van der Waals surface area contributed by atoms with Gasteiger partial charge in [-0.1, -0.05) is 68.7 Å². The maximum atomic E-state index is 12.5. The molecule has 0 spiro atoms. The Morgan fingerprint density at radius 3 is 2.43 bits per heavy atom. The predicted octanol–water partition coefficient (Wildman–Crippen LogP) is 4.58. The van der Waals surface area contributed by atoms with Crippen LogP contribution >= 0.6 is 12.4 Å². The van der Waals surface area contributed by atoms with Crippen LogP contribution in [-0.2, 0) is 16.1 Å². The van der Waals surface area contributed by atoms with Crippen LogP contribution in [0.4, 0.5) is 5.69 Å². The van der Waals surface area contributed by atoms with Crippen LogP contribution in [0.3, 0.4) is 0 Å². The van der Waals surface area contributed by atoms with E-state index >= 15 is 0 Å². The van der Waals surface area contributed by atoms with Gasteiger partial charge in [0, 0.05) is 24.2 Å². The van der Waals surface area contributed by atoms with Crippen LogP contribution in [0.5, 0.6) is 0 Å². The number of carbonyl (C=O) groups is 2. The first-order valence-electron chi connectivity index (χ1n) is 10.5. The van der Waals surface area contributed by atoms with Crippen LogP contribution in [0.1, 0.15) is 56.2 Å². The number of benzene rings is 2. The highest BCUT2D eigenvalue weighted by Crippen LogP contribution is 2.25. The summed E-state index contributed by atoms with van der Waals surface area (Å²) in [7, 11) is 0. The molecule has 0 radical (unpaired) electrons. The van der Waals surface area contributed by atoms with Gasteiger partial charge in [0.15, 0.2) is 0 Å². The van der Waals surface area contributed by atoms with Crippen LogP contribution in [-0.4, -0.2) is 11.8 Å². The van der Waals surface area contributed by atoms with Crippen molar-refractivity contribution < 1.29 is 9.59 Å². The summed E-state index contributed by atoms with van der Waals surface area (Å²) >= 11 is 0. The third-order valence-corrected chi connectivity index (χ3v) is 5.77. The Morgan fingerprint density at radius 2 is 1.73 bits per heavy atom. The van der Waals surface area contributed by atoms with Crippen molar-refractivity contribution >= 4 is 29.9 Å². The molecular formula is C24H32ClN3O2. The fourth-order valence-corrected chi connectivity index (χ4v) is 3.85. The van der Waals surface area contributed by atoms with Gasteiger partial charge >= 0.3 is 0 Å². The molecule has 0 aliphatic heterocycles. The summed E-state index contributed by atoms with van der Waals surface area (Å²) in [5.41, 5.74) is 8.92. The molecule has 0 aromatic heterocycles. The van der Waals surface area contributed by atoms with Gasteiger partial charge < -0.3 is 16.4 Å². The summed E-state index contributed by atoms with van der Waals surface area (Å²) < 4.78 is 0. The predicted molar refractivity (Wildman–Crippen MR) is 123 cm³/mol. The van der Waals surface area contributed by atoms with Gasteiger partial charge in [-0.25, -0.2) is 0 Å². The van der Waals surface area contributed by atoms with E-state index < -0.39 is 0 Å². The van der Waals surface area contributed by atoms with Gasteiger partial charge in [0.1, 0.15) is 0 Å². The van der Waals surface area contributed by atoms with E-state index in [1.54, 1.807) is 0 Å². The third-order valence-electron chi connectivity index (χ3n) is 5.77. The van der Waals surface area contributed by atoms with Crippen molar-refractivity contribution in [2.24, 2.45) is 17.6 Å². The van der Waals surface area contributed by atoms with Crippen LogP contribution in [0, 0.1) is 11.8 Å². The fourth-order valence-electron chi connectivity index (χ4n) is 3.85. The molecule has 0 saturated heterocycles. The van der Waals surface area contributed by atoms with Gasteiger partial charge in [0.2, 0.25) is 11.8 Å². The summed E-state index contributed by atoms with van der Waals surface area (Å²) in [6.07, 6.45) is 5.44. The van der Waals surface area contributed by atoms with E-state index in [1.807, 2.05) is 61.5 Å². The van der Waals surface area contributed by atoms with E-state index in [-0.39, 0.29) is 42.1 Å². The molecule has 4 N–H and O–H groups in total. The zero-order valence-electron chi connectivity index (χ0n) is 17.5. The Kier molecular flexibility index (Phi) is 9.34. The molecule has 2 aromatic carbocycles. The highest BCUT2D eigenvalue weighted by molar-refractivity contribution is 5.92. The minimum Gasteiger partial charge on any atom is -0.352 e. The third kappa shape index (κ3) is 6.57. The molecule has 0 heterocycles. The van der Waals surface area contributed by atoms with E-state index in [9.17, 15) is 9.59 Å². The molecular weight excluding hydrogens is 398 g/mol. The van der Waals surface area contributed by atoms with Crippen molar-refractivity contribution in [3.05, 3.63) is 65.7 Å². The number of rotatable bonds is 7. The Balaban J connectivity index is 0.00000320. The summed E-state index contributed by atoms with van der Waals surface area (Å²) in [6.45, 7) is 2.24. The Morgan fingerprint density at radius 1 is 1.03 bits per heavy atom. The molecule has 3 rings (SSSR count). The molecule has 1 aliphatic rings. The summed E-state index contributed by atoms with van der Waals surface area (Å²) in [5.74, 6) is -0.203. The minimum absolute atomic E-state index is 0. The summed E-state index contributed by atoms with van der Waals surface area (Å²) in [6, 6.07) is 17.0. The molecule has 162 valence electrons. The number of nitrogens with one attached hydrogen (secondary N) is 2. The van der Waals surface area contributed by atoms with Crippen molar-refractivity contribution in [1.82, 2.24) is 5.32 Å². The van der Waals surface area contributed by atoms with Crippen molar-refractivity contribution in [3.8, 4) is 0 Å². The lowest BCUT2D eigenvalue weighted by atomic mass is 9.88. The van der Waals surface area contributed by atoms with Crippen molar-refractivity contribution in [2.75, 3.05) is 5.32 Å². The highest BCUT2D eigenvalue weighted by atomic mass is 35.5. The first-order valence-corrected chi connectivity index (χ1v) is 10.5. The topological polar surface area (TPSA) is 84.2 Å². The first kappa shape index (κ1) is 23.9. The monoisotopic (exact) mass is 429 g/mol. The molecule has 1 aliphatic carbocycles. The molecule has 30 heavy (non-hydrogen) atoms.